The fourth-order valence-corrected chi connectivity index (χ4v) is 3.71. The van der Waals surface area contributed by atoms with Gasteiger partial charge < -0.3 is 15.2 Å². The molecule has 4 N–H and O–H groups in total. The van der Waals surface area contributed by atoms with Crippen LogP contribution in [0.3, 0.4) is 0 Å². The quantitative estimate of drug-likeness (QED) is 0.321. The molecule has 3 rings (SSSR count). The predicted molar refractivity (Wildman–Crippen MR) is 108 cm³/mol. The molecule has 1 heterocycles. The fourth-order valence-electron chi connectivity index (χ4n) is 2.42. The second-order valence-electron chi connectivity index (χ2n) is 5.73. The molecule has 152 valence electrons. The van der Waals surface area contributed by atoms with Gasteiger partial charge in [0.15, 0.2) is 11.1 Å². The summed E-state index contributed by atoms with van der Waals surface area (Å²) in [7, 11) is -4.32. The Labute approximate surface area is 173 Å². The van der Waals surface area contributed by atoms with Gasteiger partial charge in [-0.15, -0.1) is 0 Å². The number of benzene rings is 2. The highest BCUT2D eigenvalue weighted by Gasteiger charge is 2.14. The number of halogens is 1. The van der Waals surface area contributed by atoms with Gasteiger partial charge in [-0.3, -0.25) is 4.55 Å². The van der Waals surface area contributed by atoms with E-state index in [1.165, 1.54) is 37.3 Å². The molecule has 0 saturated carbocycles. The van der Waals surface area contributed by atoms with Crippen molar-refractivity contribution in [1.82, 2.24) is 15.0 Å². The van der Waals surface area contributed by atoms with Crippen molar-refractivity contribution in [2.24, 2.45) is 0 Å². The van der Waals surface area contributed by atoms with E-state index in [2.05, 4.69) is 25.6 Å². The second kappa shape index (κ2) is 8.39. The van der Waals surface area contributed by atoms with Crippen LogP contribution in [0.4, 0.5) is 23.3 Å². The first-order chi connectivity index (χ1) is 13.6. The van der Waals surface area contributed by atoms with E-state index in [1.807, 2.05) is 0 Å². The summed E-state index contributed by atoms with van der Waals surface area (Å²) in [6, 6.07) is 10.4. The molecule has 0 aliphatic heterocycles. The standard InChI is InChI=1S/C16H14ClN5O5S2/c1-9-7-11(5-6-13(9)29(25,26)27)19-16-21-14(17)20-15(22-16)18-10-3-2-4-12(8-10)28(23)24/h2-8H,1H3,(H,23,24)(H,25,26,27)(H2,18,19,20,21,22). The molecule has 1 aromatic heterocycles. The third-order valence-electron chi connectivity index (χ3n) is 3.61. The summed E-state index contributed by atoms with van der Waals surface area (Å²) in [4.78, 5) is 12.1. The summed E-state index contributed by atoms with van der Waals surface area (Å²) < 4.78 is 52.1. The van der Waals surface area contributed by atoms with Crippen LogP contribution in [0.5, 0.6) is 0 Å². The molecule has 0 aliphatic carbocycles. The van der Waals surface area contributed by atoms with E-state index in [4.69, 9.17) is 11.6 Å². The molecule has 1 unspecified atom stereocenters. The number of anilines is 4. The molecule has 0 spiro atoms. The average molecular weight is 456 g/mol. The van der Waals surface area contributed by atoms with Crippen LogP contribution in [0.2, 0.25) is 5.28 Å². The summed E-state index contributed by atoms with van der Waals surface area (Å²) >= 11 is 3.80. The van der Waals surface area contributed by atoms with Gasteiger partial charge in [0, 0.05) is 11.4 Å². The molecule has 29 heavy (non-hydrogen) atoms. The molecule has 0 radical (unpaired) electrons. The number of aryl methyl sites for hydroxylation is 1. The number of rotatable bonds is 6. The van der Waals surface area contributed by atoms with Crippen molar-refractivity contribution in [3.05, 3.63) is 53.3 Å². The zero-order chi connectivity index (χ0) is 21.2. The lowest BCUT2D eigenvalue weighted by molar-refractivity contribution is 0.482. The maximum Gasteiger partial charge on any atom is 0.294 e. The van der Waals surface area contributed by atoms with Crippen molar-refractivity contribution in [3.8, 4) is 0 Å². The molecule has 3 aromatic rings. The monoisotopic (exact) mass is 455 g/mol. The summed E-state index contributed by atoms with van der Waals surface area (Å²) in [6.07, 6.45) is 0. The normalized spacial score (nSPS) is 12.4. The van der Waals surface area contributed by atoms with Crippen LogP contribution < -0.4 is 10.6 Å². The van der Waals surface area contributed by atoms with Gasteiger partial charge in [-0.2, -0.15) is 23.4 Å². The first-order valence-corrected chi connectivity index (χ1v) is 10.8. The molecule has 0 fully saturated rings. The van der Waals surface area contributed by atoms with Crippen LogP contribution in [0.15, 0.2) is 52.3 Å². The average Bonchev–Trinajstić information content (AvgIpc) is 2.60. The topological polar surface area (TPSA) is 154 Å². The second-order valence-corrected chi connectivity index (χ2v) is 8.43. The van der Waals surface area contributed by atoms with Crippen molar-refractivity contribution < 1.29 is 21.7 Å². The van der Waals surface area contributed by atoms with Crippen molar-refractivity contribution in [3.63, 3.8) is 0 Å². The summed E-state index contributed by atoms with van der Waals surface area (Å²) in [5, 5.41) is 5.62. The molecule has 0 aliphatic rings. The van der Waals surface area contributed by atoms with Gasteiger partial charge in [0.2, 0.25) is 17.2 Å². The molecule has 1 atom stereocenters. The predicted octanol–water partition coefficient (Wildman–Crippen LogP) is 3.15. The molecule has 0 bridgehead atoms. The fraction of sp³-hybridized carbons (Fsp3) is 0.0625. The molecule has 10 nitrogen and oxygen atoms in total. The molecule has 13 heteroatoms. The van der Waals surface area contributed by atoms with Gasteiger partial charge in [-0.25, -0.2) is 4.21 Å². The van der Waals surface area contributed by atoms with Gasteiger partial charge in [-0.1, -0.05) is 6.07 Å². The first kappa shape index (κ1) is 21.1. The molecule has 0 amide bonds. The van der Waals surface area contributed by atoms with Crippen molar-refractivity contribution in [1.29, 1.82) is 0 Å². The number of aromatic nitrogens is 3. The highest BCUT2D eigenvalue weighted by molar-refractivity contribution is 7.85. The van der Waals surface area contributed by atoms with Crippen LogP contribution in [0.25, 0.3) is 0 Å². The van der Waals surface area contributed by atoms with E-state index in [1.54, 1.807) is 12.1 Å². The zero-order valence-corrected chi connectivity index (χ0v) is 17.1. The minimum atomic E-state index is -4.32. The van der Waals surface area contributed by atoms with Crippen molar-refractivity contribution >= 4 is 56.1 Å². The van der Waals surface area contributed by atoms with Gasteiger partial charge >= 0.3 is 0 Å². The van der Waals surface area contributed by atoms with Gasteiger partial charge in [0.1, 0.15) is 0 Å². The number of nitrogens with one attached hydrogen (secondary N) is 2. The third kappa shape index (κ3) is 5.46. The minimum Gasteiger partial charge on any atom is -0.324 e. The zero-order valence-electron chi connectivity index (χ0n) is 14.7. The Morgan fingerprint density at radius 2 is 1.62 bits per heavy atom. The van der Waals surface area contributed by atoms with E-state index in [0.717, 1.165) is 0 Å². The minimum absolute atomic E-state index is 0.0772. The highest BCUT2D eigenvalue weighted by atomic mass is 35.5. The maximum absolute atomic E-state index is 11.3. The smallest absolute Gasteiger partial charge is 0.294 e. The summed E-state index contributed by atoms with van der Waals surface area (Å²) in [6.45, 7) is 1.53. The van der Waals surface area contributed by atoms with Crippen LogP contribution in [0.1, 0.15) is 5.56 Å². The van der Waals surface area contributed by atoms with E-state index in [0.29, 0.717) is 16.9 Å². The Balaban J connectivity index is 1.85. The lowest BCUT2D eigenvalue weighted by Crippen LogP contribution is -2.05. The van der Waals surface area contributed by atoms with E-state index >= 15 is 0 Å². The lowest BCUT2D eigenvalue weighted by atomic mass is 10.2. The Hall–Kier alpha value is -2.64. The Bertz CT molecular complexity index is 1210. The molecule has 0 saturated heterocycles. The van der Waals surface area contributed by atoms with Crippen molar-refractivity contribution in [2.45, 2.75) is 16.7 Å². The van der Waals surface area contributed by atoms with E-state index < -0.39 is 21.2 Å². The Morgan fingerprint density at radius 1 is 1.00 bits per heavy atom. The van der Waals surface area contributed by atoms with Crippen LogP contribution in [-0.2, 0) is 21.2 Å². The lowest BCUT2D eigenvalue weighted by Gasteiger charge is -2.10. The number of nitrogens with zero attached hydrogens (tertiary/aromatic N) is 3. The highest BCUT2D eigenvalue weighted by Crippen LogP contribution is 2.23. The van der Waals surface area contributed by atoms with Crippen LogP contribution in [0, 0.1) is 6.92 Å². The van der Waals surface area contributed by atoms with Crippen LogP contribution >= 0.6 is 11.6 Å². The van der Waals surface area contributed by atoms with E-state index in [-0.39, 0.29) is 27.0 Å². The van der Waals surface area contributed by atoms with Crippen molar-refractivity contribution in [2.75, 3.05) is 10.6 Å². The Morgan fingerprint density at radius 3 is 2.17 bits per heavy atom. The maximum atomic E-state index is 11.3. The number of hydrogen-bond donors (Lipinski definition) is 4. The third-order valence-corrected chi connectivity index (χ3v) is 5.45. The molecular weight excluding hydrogens is 442 g/mol. The van der Waals surface area contributed by atoms with Gasteiger partial charge in [0.25, 0.3) is 10.1 Å². The SMILES string of the molecule is Cc1cc(Nc2nc(Cl)nc(Nc3cccc(S(=O)O)c3)n2)ccc1S(=O)(=O)O. The number of hydrogen-bond acceptors (Lipinski definition) is 8. The summed E-state index contributed by atoms with van der Waals surface area (Å²) in [5.74, 6) is 0.160. The first-order valence-electron chi connectivity index (χ1n) is 7.86. The molecule has 2 aromatic carbocycles. The van der Waals surface area contributed by atoms with Gasteiger partial charge in [0.05, 0.1) is 9.79 Å². The molecular formula is C16H14ClN5O5S2. The van der Waals surface area contributed by atoms with Crippen LogP contribution in [-0.4, -0.2) is 36.7 Å². The van der Waals surface area contributed by atoms with Gasteiger partial charge in [-0.05, 0) is 60.5 Å². The summed E-state index contributed by atoms with van der Waals surface area (Å²) in [5.41, 5.74) is 1.25. The Kier molecular flexibility index (Phi) is 6.10. The van der Waals surface area contributed by atoms with E-state index in [9.17, 15) is 21.7 Å². The largest absolute Gasteiger partial charge is 0.324 e.